The van der Waals surface area contributed by atoms with E-state index in [9.17, 15) is 18.0 Å². The first-order valence-corrected chi connectivity index (χ1v) is 9.09. The molecule has 0 saturated carbocycles. The molecule has 0 aliphatic carbocycles. The van der Waals surface area contributed by atoms with Crippen LogP contribution in [0, 0.1) is 0 Å². The van der Waals surface area contributed by atoms with Gasteiger partial charge in [-0.3, -0.25) is 4.79 Å². The molecule has 0 aliphatic rings. The van der Waals surface area contributed by atoms with Gasteiger partial charge in [-0.15, -0.1) is 13.2 Å². The number of para-hydroxylation sites is 1. The zero-order chi connectivity index (χ0) is 21.1. The number of hydrogen-bond donors (Lipinski definition) is 1. The SMILES string of the molecule is O=C(Cc1ccc(OC(F)(F)F)cc1)Nc1ccc(-c2cc3ccccc3o2)cc1. The first-order chi connectivity index (χ1) is 14.4. The zero-order valence-electron chi connectivity index (χ0n) is 15.6. The van der Waals surface area contributed by atoms with Gasteiger partial charge in [-0.1, -0.05) is 30.3 Å². The highest BCUT2D eigenvalue weighted by atomic mass is 19.4. The summed E-state index contributed by atoms with van der Waals surface area (Å²) in [7, 11) is 0. The van der Waals surface area contributed by atoms with Gasteiger partial charge in [-0.2, -0.15) is 0 Å². The molecule has 0 bridgehead atoms. The Morgan fingerprint density at radius 1 is 0.933 bits per heavy atom. The fourth-order valence-corrected chi connectivity index (χ4v) is 3.04. The van der Waals surface area contributed by atoms with Crippen LogP contribution in [0.4, 0.5) is 18.9 Å². The van der Waals surface area contributed by atoms with Crippen LogP contribution in [0.25, 0.3) is 22.3 Å². The van der Waals surface area contributed by atoms with Gasteiger partial charge in [0, 0.05) is 16.6 Å². The van der Waals surface area contributed by atoms with E-state index >= 15 is 0 Å². The maximum Gasteiger partial charge on any atom is 0.573 e. The summed E-state index contributed by atoms with van der Waals surface area (Å²) in [5, 5.41) is 3.78. The molecule has 1 N–H and O–H groups in total. The highest BCUT2D eigenvalue weighted by molar-refractivity contribution is 5.92. The Bertz CT molecular complexity index is 1130. The molecule has 30 heavy (non-hydrogen) atoms. The van der Waals surface area contributed by atoms with E-state index < -0.39 is 6.36 Å². The van der Waals surface area contributed by atoms with Crippen LogP contribution in [0.3, 0.4) is 0 Å². The molecule has 152 valence electrons. The van der Waals surface area contributed by atoms with E-state index in [0.717, 1.165) is 22.3 Å². The number of ether oxygens (including phenoxy) is 1. The van der Waals surface area contributed by atoms with E-state index in [1.165, 1.54) is 24.3 Å². The highest BCUT2D eigenvalue weighted by Crippen LogP contribution is 2.28. The molecule has 0 saturated heterocycles. The monoisotopic (exact) mass is 411 g/mol. The Hall–Kier alpha value is -3.74. The predicted octanol–water partition coefficient (Wildman–Crippen LogP) is 6.18. The first-order valence-electron chi connectivity index (χ1n) is 9.09. The largest absolute Gasteiger partial charge is 0.573 e. The Balaban J connectivity index is 1.37. The molecule has 1 heterocycles. The lowest BCUT2D eigenvalue weighted by Gasteiger charge is -2.09. The van der Waals surface area contributed by atoms with Gasteiger partial charge >= 0.3 is 6.36 Å². The minimum atomic E-state index is -4.74. The molecule has 4 aromatic rings. The molecule has 1 amide bonds. The van der Waals surface area contributed by atoms with Gasteiger partial charge in [0.05, 0.1) is 6.42 Å². The Morgan fingerprint density at radius 3 is 2.30 bits per heavy atom. The molecular weight excluding hydrogens is 395 g/mol. The van der Waals surface area contributed by atoms with Crippen LogP contribution in [0.5, 0.6) is 5.75 Å². The molecular formula is C23H16F3NO3. The smallest absolute Gasteiger partial charge is 0.456 e. The van der Waals surface area contributed by atoms with E-state index in [2.05, 4.69) is 10.1 Å². The lowest BCUT2D eigenvalue weighted by Crippen LogP contribution is -2.17. The number of nitrogens with one attached hydrogen (secondary N) is 1. The van der Waals surface area contributed by atoms with E-state index in [4.69, 9.17) is 4.42 Å². The summed E-state index contributed by atoms with van der Waals surface area (Å²) >= 11 is 0. The van der Waals surface area contributed by atoms with Crippen LogP contribution < -0.4 is 10.1 Å². The van der Waals surface area contributed by atoms with E-state index in [1.54, 1.807) is 12.1 Å². The number of amides is 1. The van der Waals surface area contributed by atoms with Gasteiger partial charge < -0.3 is 14.5 Å². The average Bonchev–Trinajstić information content (AvgIpc) is 3.13. The van der Waals surface area contributed by atoms with Crippen molar-refractivity contribution in [3.05, 3.63) is 84.4 Å². The molecule has 4 nitrogen and oxygen atoms in total. The molecule has 0 aliphatic heterocycles. The number of furan rings is 1. The number of carbonyl (C=O) groups is 1. The van der Waals surface area contributed by atoms with Crippen molar-refractivity contribution in [3.63, 3.8) is 0 Å². The highest BCUT2D eigenvalue weighted by Gasteiger charge is 2.30. The minimum absolute atomic E-state index is 0.0254. The van der Waals surface area contributed by atoms with Crippen LogP contribution in [0.2, 0.25) is 0 Å². The summed E-state index contributed by atoms with van der Waals surface area (Å²) in [5.74, 6) is 0.124. The average molecular weight is 411 g/mol. The van der Waals surface area contributed by atoms with Gasteiger partial charge in [0.25, 0.3) is 0 Å². The van der Waals surface area contributed by atoms with Crippen molar-refractivity contribution in [2.75, 3.05) is 5.32 Å². The number of alkyl halides is 3. The maximum absolute atomic E-state index is 12.2. The second-order valence-electron chi connectivity index (χ2n) is 6.64. The van der Waals surface area contributed by atoms with E-state index in [-0.39, 0.29) is 18.1 Å². The van der Waals surface area contributed by atoms with Crippen LogP contribution in [-0.2, 0) is 11.2 Å². The summed E-state index contributed by atoms with van der Waals surface area (Å²) in [6, 6.07) is 22.1. The molecule has 0 fully saturated rings. The standard InChI is InChI=1S/C23H16F3NO3/c24-23(25,26)30-19-11-5-15(6-12-19)13-22(28)27-18-9-7-16(8-10-18)21-14-17-3-1-2-4-20(17)29-21/h1-12,14H,13H2,(H,27,28). The number of halogens is 3. The molecule has 7 heteroatoms. The Morgan fingerprint density at radius 2 is 1.63 bits per heavy atom. The third-order valence-electron chi connectivity index (χ3n) is 4.40. The molecule has 0 radical (unpaired) electrons. The summed E-state index contributed by atoms with van der Waals surface area (Å²) in [6.07, 6.45) is -4.72. The molecule has 0 atom stereocenters. The van der Waals surface area contributed by atoms with Gasteiger partial charge in [0.2, 0.25) is 5.91 Å². The third-order valence-corrected chi connectivity index (χ3v) is 4.40. The fourth-order valence-electron chi connectivity index (χ4n) is 3.04. The van der Waals surface area contributed by atoms with Crippen molar-refractivity contribution in [2.24, 2.45) is 0 Å². The fraction of sp³-hybridized carbons (Fsp3) is 0.0870. The van der Waals surface area contributed by atoms with Crippen molar-refractivity contribution >= 4 is 22.6 Å². The normalized spacial score (nSPS) is 11.4. The summed E-state index contributed by atoms with van der Waals surface area (Å²) < 4.78 is 46.2. The molecule has 4 rings (SSSR count). The predicted molar refractivity (Wildman–Crippen MR) is 107 cm³/mol. The van der Waals surface area contributed by atoms with E-state index in [1.807, 2.05) is 42.5 Å². The van der Waals surface area contributed by atoms with Crippen LogP contribution in [0.1, 0.15) is 5.56 Å². The van der Waals surface area contributed by atoms with Crippen LogP contribution >= 0.6 is 0 Å². The number of hydrogen-bond acceptors (Lipinski definition) is 3. The van der Waals surface area contributed by atoms with Crippen molar-refractivity contribution in [3.8, 4) is 17.1 Å². The third kappa shape index (κ3) is 4.81. The lowest BCUT2D eigenvalue weighted by molar-refractivity contribution is -0.274. The van der Waals surface area contributed by atoms with Crippen molar-refractivity contribution in [1.29, 1.82) is 0 Å². The van der Waals surface area contributed by atoms with E-state index in [0.29, 0.717) is 11.3 Å². The number of rotatable bonds is 5. The molecule has 0 spiro atoms. The summed E-state index contributed by atoms with van der Waals surface area (Å²) in [5.41, 5.74) is 2.86. The van der Waals surface area contributed by atoms with Crippen LogP contribution in [-0.4, -0.2) is 12.3 Å². The quantitative estimate of drug-likeness (QED) is 0.427. The topological polar surface area (TPSA) is 51.5 Å². The Kier molecular flexibility index (Phi) is 5.18. The zero-order valence-corrected chi connectivity index (χ0v) is 15.6. The number of benzene rings is 3. The number of anilines is 1. The minimum Gasteiger partial charge on any atom is -0.456 e. The lowest BCUT2D eigenvalue weighted by atomic mass is 10.1. The van der Waals surface area contributed by atoms with Crippen molar-refractivity contribution in [1.82, 2.24) is 0 Å². The molecule has 1 aromatic heterocycles. The maximum atomic E-state index is 12.2. The van der Waals surface area contributed by atoms with Crippen molar-refractivity contribution in [2.45, 2.75) is 12.8 Å². The first kappa shape index (κ1) is 19.6. The van der Waals surface area contributed by atoms with Gasteiger partial charge in [0.15, 0.2) is 0 Å². The Labute approximate surface area is 169 Å². The molecule has 3 aromatic carbocycles. The summed E-state index contributed by atoms with van der Waals surface area (Å²) in [6.45, 7) is 0. The van der Waals surface area contributed by atoms with Gasteiger partial charge in [-0.05, 0) is 54.1 Å². The molecule has 0 unspecified atom stereocenters. The van der Waals surface area contributed by atoms with Gasteiger partial charge in [-0.25, -0.2) is 0 Å². The van der Waals surface area contributed by atoms with Gasteiger partial charge in [0.1, 0.15) is 17.1 Å². The number of fused-ring (bicyclic) bond motifs is 1. The summed E-state index contributed by atoms with van der Waals surface area (Å²) in [4.78, 5) is 12.2. The van der Waals surface area contributed by atoms with Crippen LogP contribution in [0.15, 0.2) is 83.3 Å². The number of carbonyl (C=O) groups excluding carboxylic acids is 1. The second kappa shape index (κ2) is 7.94. The van der Waals surface area contributed by atoms with Crippen molar-refractivity contribution < 1.29 is 27.1 Å². The second-order valence-corrected chi connectivity index (χ2v) is 6.64.